The Morgan fingerprint density at radius 3 is 2.79 bits per heavy atom. The molecule has 100 valence electrons. The van der Waals surface area contributed by atoms with E-state index >= 15 is 0 Å². The number of morpholine rings is 1. The molecule has 8 heteroatoms. The van der Waals surface area contributed by atoms with Crippen molar-refractivity contribution in [3.05, 3.63) is 18.2 Å². The maximum Gasteiger partial charge on any atom is 0.327 e. The number of hydrogen-bond acceptors (Lipinski definition) is 8. The van der Waals surface area contributed by atoms with Crippen LogP contribution in [-0.4, -0.2) is 46.4 Å². The van der Waals surface area contributed by atoms with Gasteiger partial charge < -0.3 is 14.2 Å². The molecule has 1 aliphatic heterocycles. The zero-order valence-electron chi connectivity index (χ0n) is 10.5. The molecular weight excluding hydrogens is 248 g/mol. The van der Waals surface area contributed by atoms with Gasteiger partial charge in [0.05, 0.1) is 25.6 Å². The van der Waals surface area contributed by atoms with Gasteiger partial charge in [0.1, 0.15) is 5.82 Å². The van der Waals surface area contributed by atoms with E-state index < -0.39 is 0 Å². The van der Waals surface area contributed by atoms with Crippen molar-refractivity contribution in [1.29, 1.82) is 0 Å². The van der Waals surface area contributed by atoms with Crippen LogP contribution in [-0.2, 0) is 4.74 Å². The molecule has 0 aromatic carbocycles. The Labute approximate surface area is 109 Å². The second kappa shape index (κ2) is 5.19. The lowest BCUT2D eigenvalue weighted by Gasteiger charge is -2.27. The number of nitrogens with one attached hydrogen (secondary N) is 1. The Morgan fingerprint density at radius 1 is 1.21 bits per heavy atom. The van der Waals surface area contributed by atoms with Gasteiger partial charge in [0.15, 0.2) is 11.6 Å². The van der Waals surface area contributed by atoms with Crippen molar-refractivity contribution in [3.63, 3.8) is 0 Å². The molecule has 3 rings (SSSR count). The number of anilines is 3. The summed E-state index contributed by atoms with van der Waals surface area (Å²) in [6, 6.07) is 0.311. The fraction of sp³-hybridized carbons (Fsp3) is 0.455. The Bertz CT molecular complexity index is 552. The highest BCUT2D eigenvalue weighted by Crippen LogP contribution is 2.16. The fourth-order valence-corrected chi connectivity index (χ4v) is 1.82. The van der Waals surface area contributed by atoms with E-state index in [9.17, 15) is 0 Å². The Morgan fingerprint density at radius 2 is 2.05 bits per heavy atom. The molecule has 1 saturated heterocycles. The highest BCUT2D eigenvalue weighted by atomic mass is 16.5. The summed E-state index contributed by atoms with van der Waals surface area (Å²) in [4.78, 5) is 14.8. The third-order valence-corrected chi connectivity index (χ3v) is 2.72. The largest absolute Gasteiger partial charge is 0.378 e. The molecule has 0 bridgehead atoms. The fourth-order valence-electron chi connectivity index (χ4n) is 1.82. The van der Waals surface area contributed by atoms with Gasteiger partial charge in [0.2, 0.25) is 0 Å². The van der Waals surface area contributed by atoms with Crippen LogP contribution in [0.1, 0.15) is 5.82 Å². The van der Waals surface area contributed by atoms with E-state index in [2.05, 4.69) is 30.3 Å². The van der Waals surface area contributed by atoms with E-state index in [-0.39, 0.29) is 0 Å². The molecule has 8 nitrogen and oxygen atoms in total. The van der Waals surface area contributed by atoms with E-state index in [1.807, 2.05) is 0 Å². The average molecular weight is 262 g/mol. The number of aryl methyl sites for hydroxylation is 1. The lowest BCUT2D eigenvalue weighted by Crippen LogP contribution is -2.36. The van der Waals surface area contributed by atoms with E-state index in [1.54, 1.807) is 19.3 Å². The van der Waals surface area contributed by atoms with Crippen LogP contribution in [0.2, 0.25) is 0 Å². The van der Waals surface area contributed by atoms with Crippen LogP contribution >= 0.6 is 0 Å². The number of hydrogen-bond donors (Lipinski definition) is 1. The maximum absolute atomic E-state index is 5.31. The van der Waals surface area contributed by atoms with Gasteiger partial charge in [0.25, 0.3) is 0 Å². The summed E-state index contributed by atoms with van der Waals surface area (Å²) in [5.74, 6) is 1.96. The summed E-state index contributed by atoms with van der Waals surface area (Å²) in [6.45, 7) is 4.81. The van der Waals surface area contributed by atoms with Gasteiger partial charge in [-0.25, -0.2) is 4.98 Å². The van der Waals surface area contributed by atoms with Crippen LogP contribution in [0.15, 0.2) is 16.9 Å². The molecule has 19 heavy (non-hydrogen) atoms. The summed E-state index contributed by atoms with van der Waals surface area (Å²) in [5, 5.41) is 6.63. The Balaban J connectivity index is 1.75. The summed E-state index contributed by atoms with van der Waals surface area (Å²) in [5.41, 5.74) is 0. The lowest BCUT2D eigenvalue weighted by atomic mass is 10.4. The van der Waals surface area contributed by atoms with Gasteiger partial charge in [-0.1, -0.05) is 5.16 Å². The molecule has 2 aromatic rings. The predicted molar refractivity (Wildman–Crippen MR) is 67.4 cm³/mol. The van der Waals surface area contributed by atoms with Crippen molar-refractivity contribution in [1.82, 2.24) is 20.1 Å². The van der Waals surface area contributed by atoms with E-state index in [0.29, 0.717) is 30.9 Å². The van der Waals surface area contributed by atoms with Gasteiger partial charge in [-0.3, -0.25) is 10.3 Å². The maximum atomic E-state index is 5.31. The van der Waals surface area contributed by atoms with Crippen molar-refractivity contribution in [2.24, 2.45) is 0 Å². The molecule has 0 aliphatic carbocycles. The van der Waals surface area contributed by atoms with Gasteiger partial charge in [0, 0.05) is 13.1 Å². The van der Waals surface area contributed by atoms with Gasteiger partial charge >= 0.3 is 6.01 Å². The molecule has 0 amide bonds. The molecule has 3 heterocycles. The highest BCUT2D eigenvalue weighted by molar-refractivity contribution is 5.49. The summed E-state index contributed by atoms with van der Waals surface area (Å²) in [7, 11) is 0. The van der Waals surface area contributed by atoms with Crippen molar-refractivity contribution in [2.75, 3.05) is 36.5 Å². The number of ether oxygens (including phenoxy) is 1. The Hall–Kier alpha value is -2.22. The van der Waals surface area contributed by atoms with Crippen LogP contribution < -0.4 is 10.2 Å². The summed E-state index contributed by atoms with van der Waals surface area (Å²) < 4.78 is 10.3. The number of aromatic nitrogens is 4. The topological polar surface area (TPSA) is 89.2 Å². The molecular formula is C11H14N6O2. The monoisotopic (exact) mass is 262 g/mol. The van der Waals surface area contributed by atoms with Crippen LogP contribution in [0.25, 0.3) is 0 Å². The minimum Gasteiger partial charge on any atom is -0.378 e. The molecule has 2 aromatic heterocycles. The van der Waals surface area contributed by atoms with Crippen LogP contribution in [0, 0.1) is 6.92 Å². The van der Waals surface area contributed by atoms with Gasteiger partial charge in [-0.05, 0) is 6.92 Å². The molecule has 1 fully saturated rings. The summed E-state index contributed by atoms with van der Waals surface area (Å²) >= 11 is 0. The van der Waals surface area contributed by atoms with Crippen molar-refractivity contribution < 1.29 is 9.26 Å². The second-order valence-corrected chi connectivity index (χ2v) is 4.13. The van der Waals surface area contributed by atoms with Crippen LogP contribution in [0.4, 0.5) is 17.7 Å². The molecule has 1 aliphatic rings. The standard InChI is InChI=1S/C11H14N6O2/c1-8-13-11(19-16-8)15-9-6-12-7-10(14-9)17-2-4-18-5-3-17/h6-7H,2-5H2,1H3,(H,13,14,15,16). The normalized spacial score (nSPS) is 15.5. The van der Waals surface area contributed by atoms with Gasteiger partial charge in [-0.15, -0.1) is 0 Å². The van der Waals surface area contributed by atoms with E-state index in [1.165, 1.54) is 0 Å². The minimum absolute atomic E-state index is 0.311. The van der Waals surface area contributed by atoms with E-state index in [4.69, 9.17) is 9.26 Å². The number of rotatable bonds is 3. The molecule has 0 spiro atoms. The summed E-state index contributed by atoms with van der Waals surface area (Å²) in [6.07, 6.45) is 3.35. The van der Waals surface area contributed by atoms with Crippen LogP contribution in [0.5, 0.6) is 0 Å². The van der Waals surface area contributed by atoms with Crippen molar-refractivity contribution in [2.45, 2.75) is 6.92 Å². The smallest absolute Gasteiger partial charge is 0.327 e. The zero-order chi connectivity index (χ0) is 13.1. The van der Waals surface area contributed by atoms with Crippen molar-refractivity contribution >= 4 is 17.7 Å². The molecule has 0 saturated carbocycles. The lowest BCUT2D eigenvalue weighted by molar-refractivity contribution is 0.122. The third kappa shape index (κ3) is 2.79. The Kier molecular flexibility index (Phi) is 3.23. The first-order valence-corrected chi connectivity index (χ1v) is 6.03. The molecule has 0 unspecified atom stereocenters. The second-order valence-electron chi connectivity index (χ2n) is 4.13. The first kappa shape index (κ1) is 11.8. The third-order valence-electron chi connectivity index (χ3n) is 2.72. The molecule has 1 N–H and O–H groups in total. The first-order chi connectivity index (χ1) is 9.31. The van der Waals surface area contributed by atoms with Gasteiger partial charge in [-0.2, -0.15) is 4.98 Å². The minimum atomic E-state index is 0.311. The highest BCUT2D eigenvalue weighted by Gasteiger charge is 2.13. The van der Waals surface area contributed by atoms with E-state index in [0.717, 1.165) is 18.9 Å². The quantitative estimate of drug-likeness (QED) is 0.866. The van der Waals surface area contributed by atoms with Crippen LogP contribution in [0.3, 0.4) is 0 Å². The number of nitrogens with zero attached hydrogens (tertiary/aromatic N) is 5. The molecule has 0 atom stereocenters. The molecule has 0 radical (unpaired) electrons. The first-order valence-electron chi connectivity index (χ1n) is 6.03. The zero-order valence-corrected chi connectivity index (χ0v) is 10.5. The predicted octanol–water partition coefficient (Wildman–Crippen LogP) is 0.748. The SMILES string of the molecule is Cc1noc(Nc2cncc(N3CCOCC3)n2)n1. The van der Waals surface area contributed by atoms with Crippen molar-refractivity contribution in [3.8, 4) is 0 Å². The average Bonchev–Trinajstić information content (AvgIpc) is 2.85.